The highest BCUT2D eigenvalue weighted by Crippen LogP contribution is 2.39. The minimum Gasteiger partial charge on any atom is -0.399 e. The van der Waals surface area contributed by atoms with E-state index in [1.807, 2.05) is 24.5 Å². The van der Waals surface area contributed by atoms with Gasteiger partial charge < -0.3 is 10.7 Å². The molecule has 3 heterocycles. The molecular weight excluding hydrogens is 278 g/mol. The molecule has 4 heteroatoms. The molecule has 3 aromatic heterocycles. The average Bonchev–Trinajstić information content (AvgIpc) is 3.16. The zero-order valence-corrected chi connectivity index (χ0v) is 12.0. The number of pyridine rings is 1. The normalized spacial score (nSPS) is 11.0. The predicted molar refractivity (Wildman–Crippen MR) is 89.3 cm³/mol. The number of fused-ring (bicyclic) bond motifs is 1. The van der Waals surface area contributed by atoms with Crippen molar-refractivity contribution in [1.29, 1.82) is 0 Å². The van der Waals surface area contributed by atoms with Crippen molar-refractivity contribution in [3.05, 3.63) is 60.2 Å². The second kappa shape index (κ2) is 4.75. The van der Waals surface area contributed by atoms with Crippen LogP contribution >= 0.6 is 11.3 Å². The van der Waals surface area contributed by atoms with Crippen LogP contribution in [0, 0.1) is 0 Å². The SMILES string of the molecule is Nc1ccc(-c2ccsc2-c2ccnc3[nH]ccc23)cc1. The second-order valence-electron chi connectivity index (χ2n) is 4.88. The summed E-state index contributed by atoms with van der Waals surface area (Å²) in [7, 11) is 0. The summed E-state index contributed by atoms with van der Waals surface area (Å²) in [5.74, 6) is 0. The number of hydrogen-bond donors (Lipinski definition) is 2. The Kier molecular flexibility index (Phi) is 2.75. The van der Waals surface area contributed by atoms with Crippen LogP contribution < -0.4 is 5.73 Å². The third-order valence-corrected chi connectivity index (χ3v) is 4.54. The van der Waals surface area contributed by atoms with Crippen molar-refractivity contribution in [2.24, 2.45) is 0 Å². The summed E-state index contributed by atoms with van der Waals surface area (Å²) in [6.45, 7) is 0. The van der Waals surface area contributed by atoms with E-state index in [1.165, 1.54) is 21.6 Å². The number of thiophene rings is 1. The number of anilines is 1. The molecule has 1 aromatic carbocycles. The summed E-state index contributed by atoms with van der Waals surface area (Å²) in [4.78, 5) is 8.78. The van der Waals surface area contributed by atoms with Crippen molar-refractivity contribution >= 4 is 28.1 Å². The number of nitrogens with two attached hydrogens (primary N) is 1. The van der Waals surface area contributed by atoms with Crippen LogP contribution in [-0.4, -0.2) is 9.97 Å². The van der Waals surface area contributed by atoms with Crippen LogP contribution in [0.3, 0.4) is 0 Å². The summed E-state index contributed by atoms with van der Waals surface area (Å²) in [5.41, 5.74) is 11.1. The number of benzene rings is 1. The van der Waals surface area contributed by atoms with Gasteiger partial charge in [0.2, 0.25) is 0 Å². The van der Waals surface area contributed by atoms with Gasteiger partial charge in [0.1, 0.15) is 5.65 Å². The lowest BCUT2D eigenvalue weighted by molar-refractivity contribution is 1.33. The monoisotopic (exact) mass is 291 g/mol. The molecule has 0 amide bonds. The molecule has 3 nitrogen and oxygen atoms in total. The molecule has 0 radical (unpaired) electrons. The molecule has 21 heavy (non-hydrogen) atoms. The maximum absolute atomic E-state index is 5.78. The Labute approximate surface area is 126 Å². The summed E-state index contributed by atoms with van der Waals surface area (Å²) < 4.78 is 0. The van der Waals surface area contributed by atoms with Gasteiger partial charge in [-0.25, -0.2) is 4.98 Å². The van der Waals surface area contributed by atoms with Crippen LogP contribution in [0.25, 0.3) is 32.6 Å². The van der Waals surface area contributed by atoms with Crippen molar-refractivity contribution in [2.75, 3.05) is 5.73 Å². The molecular formula is C17H13N3S. The Balaban J connectivity index is 1.93. The number of nitrogens with zero attached hydrogens (tertiary/aromatic N) is 1. The molecule has 102 valence electrons. The van der Waals surface area contributed by atoms with Gasteiger partial charge in [0.15, 0.2) is 0 Å². The molecule has 3 N–H and O–H groups in total. The van der Waals surface area contributed by atoms with E-state index in [1.54, 1.807) is 11.3 Å². The third-order valence-electron chi connectivity index (χ3n) is 3.59. The molecule has 0 bridgehead atoms. The van der Waals surface area contributed by atoms with Gasteiger partial charge in [-0.3, -0.25) is 0 Å². The smallest absolute Gasteiger partial charge is 0.137 e. The van der Waals surface area contributed by atoms with Gasteiger partial charge in [-0.2, -0.15) is 0 Å². The van der Waals surface area contributed by atoms with Crippen molar-refractivity contribution in [2.45, 2.75) is 0 Å². The van der Waals surface area contributed by atoms with Crippen molar-refractivity contribution in [3.63, 3.8) is 0 Å². The lowest BCUT2D eigenvalue weighted by Crippen LogP contribution is -1.85. The lowest BCUT2D eigenvalue weighted by Gasteiger charge is -2.06. The molecule has 0 saturated heterocycles. The third kappa shape index (κ3) is 2.00. The Bertz CT molecular complexity index is 903. The quantitative estimate of drug-likeness (QED) is 0.533. The molecule has 4 rings (SSSR count). The molecule has 0 fully saturated rings. The summed E-state index contributed by atoms with van der Waals surface area (Å²) in [6, 6.07) is 14.3. The number of nitrogens with one attached hydrogen (secondary N) is 1. The van der Waals surface area contributed by atoms with Crippen LogP contribution in [0.1, 0.15) is 0 Å². The largest absolute Gasteiger partial charge is 0.399 e. The topological polar surface area (TPSA) is 54.7 Å². The molecule has 0 unspecified atom stereocenters. The average molecular weight is 291 g/mol. The highest BCUT2D eigenvalue weighted by Gasteiger charge is 2.12. The summed E-state index contributed by atoms with van der Waals surface area (Å²) in [6.07, 6.45) is 3.78. The van der Waals surface area contributed by atoms with Gasteiger partial charge in [0.05, 0.1) is 0 Å². The fraction of sp³-hybridized carbons (Fsp3) is 0. The minimum atomic E-state index is 0.785. The van der Waals surface area contributed by atoms with Crippen LogP contribution in [-0.2, 0) is 0 Å². The number of rotatable bonds is 2. The van der Waals surface area contributed by atoms with Crippen molar-refractivity contribution < 1.29 is 0 Å². The minimum absolute atomic E-state index is 0.785. The van der Waals surface area contributed by atoms with E-state index < -0.39 is 0 Å². The zero-order chi connectivity index (χ0) is 14.2. The van der Waals surface area contributed by atoms with Crippen molar-refractivity contribution in [1.82, 2.24) is 9.97 Å². The molecule has 4 aromatic rings. The number of nitrogen functional groups attached to an aromatic ring is 1. The first kappa shape index (κ1) is 12.2. The maximum atomic E-state index is 5.78. The van der Waals surface area contributed by atoms with E-state index in [0.717, 1.165) is 16.7 Å². The maximum Gasteiger partial charge on any atom is 0.137 e. The van der Waals surface area contributed by atoms with Crippen LogP contribution in [0.5, 0.6) is 0 Å². The summed E-state index contributed by atoms with van der Waals surface area (Å²) in [5, 5.41) is 3.27. The van der Waals surface area contributed by atoms with E-state index >= 15 is 0 Å². The Morgan fingerprint density at radius 3 is 2.67 bits per heavy atom. The predicted octanol–water partition coefficient (Wildman–Crippen LogP) is 4.54. The summed E-state index contributed by atoms with van der Waals surface area (Å²) >= 11 is 1.75. The van der Waals surface area contributed by atoms with Gasteiger partial charge in [-0.05, 0) is 41.3 Å². The van der Waals surface area contributed by atoms with Gasteiger partial charge in [-0.1, -0.05) is 12.1 Å². The first-order valence-electron chi connectivity index (χ1n) is 6.69. The zero-order valence-electron chi connectivity index (χ0n) is 11.2. The number of H-pyrrole nitrogens is 1. The molecule has 0 aliphatic rings. The van der Waals surface area contributed by atoms with Gasteiger partial charge in [0.25, 0.3) is 0 Å². The standard InChI is InChI=1S/C17H13N3S/c18-12-3-1-11(2-4-12)13-7-10-21-16(13)14-5-8-19-17-15(14)6-9-20-17/h1-10H,18H2,(H,19,20). The molecule has 0 aliphatic carbocycles. The molecule has 0 saturated carbocycles. The van der Waals surface area contributed by atoms with E-state index in [0.29, 0.717) is 0 Å². The van der Waals surface area contributed by atoms with E-state index in [9.17, 15) is 0 Å². The van der Waals surface area contributed by atoms with Crippen LogP contribution in [0.4, 0.5) is 5.69 Å². The second-order valence-corrected chi connectivity index (χ2v) is 5.80. The highest BCUT2D eigenvalue weighted by molar-refractivity contribution is 7.14. The fourth-order valence-corrected chi connectivity index (χ4v) is 3.52. The molecule has 0 spiro atoms. The Morgan fingerprint density at radius 1 is 0.952 bits per heavy atom. The Morgan fingerprint density at radius 2 is 1.81 bits per heavy atom. The first-order chi connectivity index (χ1) is 10.3. The van der Waals surface area contributed by atoms with Crippen LogP contribution in [0.2, 0.25) is 0 Å². The van der Waals surface area contributed by atoms with E-state index in [4.69, 9.17) is 5.73 Å². The lowest BCUT2D eigenvalue weighted by atomic mass is 10.0. The van der Waals surface area contributed by atoms with Gasteiger partial charge in [0, 0.05) is 39.5 Å². The number of aromatic amines is 1. The number of hydrogen-bond acceptors (Lipinski definition) is 3. The molecule has 0 aliphatic heterocycles. The highest BCUT2D eigenvalue weighted by atomic mass is 32.1. The van der Waals surface area contributed by atoms with E-state index in [-0.39, 0.29) is 0 Å². The van der Waals surface area contributed by atoms with Gasteiger partial charge >= 0.3 is 0 Å². The fourth-order valence-electron chi connectivity index (χ4n) is 2.57. The Hall–Kier alpha value is -2.59. The number of aromatic nitrogens is 2. The van der Waals surface area contributed by atoms with E-state index in [2.05, 4.69) is 45.7 Å². The van der Waals surface area contributed by atoms with Gasteiger partial charge in [-0.15, -0.1) is 11.3 Å². The van der Waals surface area contributed by atoms with Crippen LogP contribution in [0.15, 0.2) is 60.2 Å². The molecule has 0 atom stereocenters. The van der Waals surface area contributed by atoms with Crippen molar-refractivity contribution in [3.8, 4) is 21.6 Å². The first-order valence-corrected chi connectivity index (χ1v) is 7.57.